The normalized spacial score (nSPS) is 12.4. The highest BCUT2D eigenvalue weighted by Crippen LogP contribution is 2.26. The van der Waals surface area contributed by atoms with Crippen molar-refractivity contribution in [3.8, 4) is 5.75 Å². The topological polar surface area (TPSA) is 53.1 Å². The van der Waals surface area contributed by atoms with Gasteiger partial charge in [0.25, 0.3) is 0 Å². The Labute approximate surface area is 116 Å². The van der Waals surface area contributed by atoms with Gasteiger partial charge in [-0.3, -0.25) is 4.68 Å². The van der Waals surface area contributed by atoms with E-state index in [1.807, 2.05) is 6.92 Å². The highest BCUT2D eigenvalue weighted by Gasteiger charge is 2.19. The minimum absolute atomic E-state index is 0.302. The summed E-state index contributed by atoms with van der Waals surface area (Å²) in [5, 5.41) is 4.17. The molecule has 108 valence electrons. The molecule has 1 aromatic carbocycles. The van der Waals surface area contributed by atoms with Crippen molar-refractivity contribution in [3.63, 3.8) is 0 Å². The summed E-state index contributed by atoms with van der Waals surface area (Å²) >= 11 is 0. The summed E-state index contributed by atoms with van der Waals surface area (Å²) in [6, 6.07) is 2.95. The standard InChI is InChI=1S/C14H17F2N3O/c1-3-19-14(13(20-2)8-18-19)12(17)6-9-4-10(15)7-11(16)5-9/h4-5,7-8,12H,3,6,17H2,1-2H3. The van der Waals surface area contributed by atoms with E-state index in [4.69, 9.17) is 10.5 Å². The van der Waals surface area contributed by atoms with Gasteiger partial charge in [-0.15, -0.1) is 0 Å². The largest absolute Gasteiger partial charge is 0.493 e. The predicted octanol–water partition coefficient (Wildman–Crippen LogP) is 2.43. The third-order valence-corrected chi connectivity index (χ3v) is 3.09. The summed E-state index contributed by atoms with van der Waals surface area (Å²) < 4.78 is 33.3. The molecule has 1 atom stereocenters. The zero-order valence-electron chi connectivity index (χ0n) is 11.4. The number of hydrogen-bond donors (Lipinski definition) is 1. The maximum absolute atomic E-state index is 13.2. The number of ether oxygens (including phenoxy) is 1. The predicted molar refractivity (Wildman–Crippen MR) is 71.4 cm³/mol. The van der Waals surface area contributed by atoms with E-state index < -0.39 is 17.7 Å². The van der Waals surface area contributed by atoms with Gasteiger partial charge in [-0.05, 0) is 31.0 Å². The monoisotopic (exact) mass is 281 g/mol. The van der Waals surface area contributed by atoms with Gasteiger partial charge < -0.3 is 10.5 Å². The van der Waals surface area contributed by atoms with Crippen LogP contribution in [0.3, 0.4) is 0 Å². The molecule has 0 saturated carbocycles. The number of aromatic nitrogens is 2. The first-order chi connectivity index (χ1) is 9.55. The number of rotatable bonds is 5. The molecule has 0 spiro atoms. The first-order valence-electron chi connectivity index (χ1n) is 6.35. The zero-order valence-corrected chi connectivity index (χ0v) is 11.4. The highest BCUT2D eigenvalue weighted by molar-refractivity contribution is 5.30. The van der Waals surface area contributed by atoms with Gasteiger partial charge in [-0.1, -0.05) is 0 Å². The molecule has 0 aliphatic rings. The lowest BCUT2D eigenvalue weighted by Crippen LogP contribution is -2.19. The van der Waals surface area contributed by atoms with E-state index in [2.05, 4.69) is 5.10 Å². The smallest absolute Gasteiger partial charge is 0.161 e. The van der Waals surface area contributed by atoms with Crippen molar-refractivity contribution in [2.45, 2.75) is 25.9 Å². The molecule has 4 nitrogen and oxygen atoms in total. The zero-order chi connectivity index (χ0) is 14.7. The molecular weight excluding hydrogens is 264 g/mol. The molecule has 0 bridgehead atoms. The van der Waals surface area contributed by atoms with Crippen molar-refractivity contribution in [2.24, 2.45) is 5.73 Å². The summed E-state index contributed by atoms with van der Waals surface area (Å²) in [4.78, 5) is 0. The maximum Gasteiger partial charge on any atom is 0.161 e. The number of aryl methyl sites for hydroxylation is 1. The highest BCUT2D eigenvalue weighted by atomic mass is 19.1. The molecule has 0 radical (unpaired) electrons. The van der Waals surface area contributed by atoms with Gasteiger partial charge in [0, 0.05) is 12.6 Å². The Hall–Kier alpha value is -1.95. The average Bonchev–Trinajstić information content (AvgIpc) is 2.80. The number of halogens is 2. The van der Waals surface area contributed by atoms with Crippen LogP contribution in [-0.2, 0) is 13.0 Å². The summed E-state index contributed by atoms with van der Waals surface area (Å²) in [5.41, 5.74) is 7.36. The van der Waals surface area contributed by atoms with Crippen molar-refractivity contribution >= 4 is 0 Å². The summed E-state index contributed by atoms with van der Waals surface area (Å²) in [6.45, 7) is 2.58. The minimum Gasteiger partial charge on any atom is -0.493 e. The van der Waals surface area contributed by atoms with E-state index >= 15 is 0 Å². The number of methoxy groups -OCH3 is 1. The third-order valence-electron chi connectivity index (χ3n) is 3.09. The Bertz CT molecular complexity index is 556. The van der Waals surface area contributed by atoms with Crippen molar-refractivity contribution in [2.75, 3.05) is 7.11 Å². The molecule has 1 unspecified atom stereocenters. The van der Waals surface area contributed by atoms with Crippen molar-refractivity contribution < 1.29 is 13.5 Å². The summed E-state index contributed by atoms with van der Waals surface area (Å²) in [6.07, 6.45) is 1.89. The van der Waals surface area contributed by atoms with E-state index in [9.17, 15) is 8.78 Å². The lowest BCUT2D eigenvalue weighted by atomic mass is 10.0. The maximum atomic E-state index is 13.2. The average molecular weight is 281 g/mol. The number of benzene rings is 1. The van der Waals surface area contributed by atoms with Crippen molar-refractivity contribution in [1.29, 1.82) is 0 Å². The van der Waals surface area contributed by atoms with Crippen molar-refractivity contribution in [1.82, 2.24) is 9.78 Å². The Morgan fingerprint density at radius 3 is 2.50 bits per heavy atom. The van der Waals surface area contributed by atoms with Crippen LogP contribution in [0, 0.1) is 11.6 Å². The van der Waals surface area contributed by atoms with Crippen LogP contribution in [0.1, 0.15) is 24.2 Å². The first kappa shape index (κ1) is 14.5. The Morgan fingerprint density at radius 2 is 1.95 bits per heavy atom. The van der Waals surface area contributed by atoms with Crippen LogP contribution in [0.15, 0.2) is 24.4 Å². The van der Waals surface area contributed by atoms with E-state index in [-0.39, 0.29) is 0 Å². The van der Waals surface area contributed by atoms with Gasteiger partial charge in [-0.2, -0.15) is 5.10 Å². The third kappa shape index (κ3) is 2.96. The quantitative estimate of drug-likeness (QED) is 0.915. The number of hydrogen-bond acceptors (Lipinski definition) is 3. The second-order valence-electron chi connectivity index (χ2n) is 4.50. The molecule has 6 heteroatoms. The van der Waals surface area contributed by atoms with E-state index in [0.717, 1.165) is 11.8 Å². The van der Waals surface area contributed by atoms with Crippen LogP contribution >= 0.6 is 0 Å². The van der Waals surface area contributed by atoms with E-state index in [1.165, 1.54) is 19.2 Å². The molecule has 0 amide bonds. The Kier molecular flexibility index (Phi) is 4.34. The number of nitrogens with zero attached hydrogens (tertiary/aromatic N) is 2. The van der Waals surface area contributed by atoms with Gasteiger partial charge in [-0.25, -0.2) is 8.78 Å². The summed E-state index contributed by atoms with van der Waals surface area (Å²) in [7, 11) is 1.54. The molecule has 2 N–H and O–H groups in total. The fourth-order valence-electron chi connectivity index (χ4n) is 2.24. The van der Waals surface area contributed by atoms with E-state index in [0.29, 0.717) is 24.3 Å². The fourth-order valence-corrected chi connectivity index (χ4v) is 2.24. The van der Waals surface area contributed by atoms with Crippen LogP contribution < -0.4 is 10.5 Å². The lowest BCUT2D eigenvalue weighted by molar-refractivity contribution is 0.401. The minimum atomic E-state index is -0.608. The lowest BCUT2D eigenvalue weighted by Gasteiger charge is -2.15. The molecule has 2 rings (SSSR count). The van der Waals surface area contributed by atoms with E-state index in [1.54, 1.807) is 10.9 Å². The second-order valence-corrected chi connectivity index (χ2v) is 4.50. The molecule has 1 aromatic heterocycles. The van der Waals surface area contributed by atoms with Crippen LogP contribution in [0.4, 0.5) is 8.78 Å². The SMILES string of the molecule is CCn1ncc(OC)c1C(N)Cc1cc(F)cc(F)c1. The molecule has 0 saturated heterocycles. The van der Waals surface area contributed by atoms with Gasteiger partial charge >= 0.3 is 0 Å². The first-order valence-corrected chi connectivity index (χ1v) is 6.35. The van der Waals surface area contributed by atoms with Crippen molar-refractivity contribution in [3.05, 3.63) is 47.3 Å². The molecular formula is C14H17F2N3O. The molecule has 1 heterocycles. The van der Waals surface area contributed by atoms with Gasteiger partial charge in [0.1, 0.15) is 11.6 Å². The molecule has 20 heavy (non-hydrogen) atoms. The van der Waals surface area contributed by atoms with Gasteiger partial charge in [0.2, 0.25) is 0 Å². The molecule has 0 aliphatic heterocycles. The molecule has 2 aromatic rings. The summed E-state index contributed by atoms with van der Waals surface area (Å²) in [5.74, 6) is -0.637. The molecule has 0 fully saturated rings. The van der Waals surface area contributed by atoms with Gasteiger partial charge in [0.15, 0.2) is 5.75 Å². The number of nitrogens with two attached hydrogens (primary N) is 1. The van der Waals surface area contributed by atoms with Crippen LogP contribution in [0.5, 0.6) is 5.75 Å². The van der Waals surface area contributed by atoms with Crippen LogP contribution in [-0.4, -0.2) is 16.9 Å². The second kappa shape index (κ2) is 6.00. The van der Waals surface area contributed by atoms with Gasteiger partial charge in [0.05, 0.1) is 25.0 Å². The Balaban J connectivity index is 2.27. The van der Waals surface area contributed by atoms with Crippen LogP contribution in [0.2, 0.25) is 0 Å². The molecule has 0 aliphatic carbocycles. The van der Waals surface area contributed by atoms with Crippen LogP contribution in [0.25, 0.3) is 0 Å². The Morgan fingerprint density at radius 1 is 1.30 bits per heavy atom. The fraction of sp³-hybridized carbons (Fsp3) is 0.357.